The van der Waals surface area contributed by atoms with Gasteiger partial charge in [0.2, 0.25) is 0 Å². The summed E-state index contributed by atoms with van der Waals surface area (Å²) in [4.78, 5) is 4.55. The van der Waals surface area contributed by atoms with E-state index < -0.39 is 0 Å². The molecule has 0 aromatic rings. The molecule has 0 aliphatic carbocycles. The zero-order valence-corrected chi connectivity index (χ0v) is 11.1. The molecule has 5 heteroatoms. The first kappa shape index (κ1) is 14.9. The van der Waals surface area contributed by atoms with Crippen molar-refractivity contribution in [3.63, 3.8) is 0 Å². The number of nitrogens with zero attached hydrogens (tertiary/aromatic N) is 2. The predicted octanol–water partition coefficient (Wildman–Crippen LogP) is -1.04. The predicted molar refractivity (Wildman–Crippen MR) is 69.1 cm³/mol. The summed E-state index contributed by atoms with van der Waals surface area (Å²) in [6, 6.07) is 0. The minimum Gasteiger partial charge on any atom is -0.392 e. The number of aliphatic hydroxyl groups excluding tert-OH is 2. The van der Waals surface area contributed by atoms with Crippen LogP contribution >= 0.6 is 0 Å². The van der Waals surface area contributed by atoms with Crippen LogP contribution in [0.1, 0.15) is 13.8 Å². The number of hydrogen-bond donors (Lipinski definition) is 3. The van der Waals surface area contributed by atoms with E-state index in [1.165, 1.54) is 0 Å². The Morgan fingerprint density at radius 2 is 1.29 bits per heavy atom. The number of β-amino-alcohol motifs (C(OH)–C–C–N with tert-alkyl or cyclic N) is 2. The van der Waals surface area contributed by atoms with Crippen LogP contribution in [0.3, 0.4) is 0 Å². The summed E-state index contributed by atoms with van der Waals surface area (Å²) in [5, 5.41) is 22.3. The topological polar surface area (TPSA) is 59.0 Å². The standard InChI is InChI=1S/C12H27N3O2/c1-11(16)9-14-5-3-13-4-6-15(8-7-14)10-12(2)17/h11-13,16-17H,3-10H2,1-2H3. The van der Waals surface area contributed by atoms with E-state index in [2.05, 4.69) is 15.1 Å². The van der Waals surface area contributed by atoms with Crippen molar-refractivity contribution < 1.29 is 10.2 Å². The van der Waals surface area contributed by atoms with Crippen LogP contribution in [0.4, 0.5) is 0 Å². The van der Waals surface area contributed by atoms with Crippen molar-refractivity contribution in [3.8, 4) is 0 Å². The smallest absolute Gasteiger partial charge is 0.0639 e. The molecular weight excluding hydrogens is 218 g/mol. The quantitative estimate of drug-likeness (QED) is 0.590. The number of rotatable bonds is 4. The van der Waals surface area contributed by atoms with Crippen LogP contribution in [0.5, 0.6) is 0 Å². The third kappa shape index (κ3) is 6.95. The molecule has 0 aromatic heterocycles. The number of aliphatic hydroxyl groups is 2. The summed E-state index contributed by atoms with van der Waals surface area (Å²) in [6.45, 7) is 10.9. The van der Waals surface area contributed by atoms with E-state index in [1.807, 2.05) is 13.8 Å². The fourth-order valence-corrected chi connectivity index (χ4v) is 2.22. The first-order valence-electron chi connectivity index (χ1n) is 6.59. The van der Waals surface area contributed by atoms with E-state index in [1.54, 1.807) is 0 Å². The van der Waals surface area contributed by atoms with Gasteiger partial charge < -0.3 is 15.5 Å². The highest BCUT2D eigenvalue weighted by Gasteiger charge is 2.14. The Bertz CT molecular complexity index is 180. The van der Waals surface area contributed by atoms with E-state index in [4.69, 9.17) is 0 Å². The molecule has 0 saturated carbocycles. The van der Waals surface area contributed by atoms with Crippen molar-refractivity contribution in [3.05, 3.63) is 0 Å². The second-order valence-electron chi connectivity index (χ2n) is 5.05. The van der Waals surface area contributed by atoms with Crippen LogP contribution in [0.25, 0.3) is 0 Å². The number of nitrogens with one attached hydrogen (secondary N) is 1. The molecule has 1 aliphatic rings. The molecule has 0 aromatic carbocycles. The third-order valence-corrected chi connectivity index (χ3v) is 2.99. The van der Waals surface area contributed by atoms with Crippen molar-refractivity contribution in [2.24, 2.45) is 0 Å². The van der Waals surface area contributed by atoms with E-state index in [0.29, 0.717) is 0 Å². The van der Waals surface area contributed by atoms with Gasteiger partial charge in [-0.25, -0.2) is 0 Å². The maximum atomic E-state index is 9.43. The Morgan fingerprint density at radius 1 is 0.882 bits per heavy atom. The zero-order valence-electron chi connectivity index (χ0n) is 11.1. The van der Waals surface area contributed by atoms with Crippen LogP contribution in [-0.2, 0) is 0 Å². The first-order valence-corrected chi connectivity index (χ1v) is 6.59. The van der Waals surface area contributed by atoms with Crippen molar-refractivity contribution >= 4 is 0 Å². The summed E-state index contributed by atoms with van der Waals surface area (Å²) >= 11 is 0. The van der Waals surface area contributed by atoms with Crippen LogP contribution in [0, 0.1) is 0 Å². The number of hydrogen-bond acceptors (Lipinski definition) is 5. The Hall–Kier alpha value is -0.200. The highest BCUT2D eigenvalue weighted by Crippen LogP contribution is 1.98. The molecule has 1 rings (SSSR count). The highest BCUT2D eigenvalue weighted by molar-refractivity contribution is 4.71. The van der Waals surface area contributed by atoms with Crippen LogP contribution in [-0.4, -0.2) is 84.6 Å². The lowest BCUT2D eigenvalue weighted by Crippen LogP contribution is -2.41. The van der Waals surface area contributed by atoms with Gasteiger partial charge in [-0.3, -0.25) is 9.80 Å². The Morgan fingerprint density at radius 3 is 1.65 bits per heavy atom. The van der Waals surface area contributed by atoms with Crippen molar-refractivity contribution in [2.75, 3.05) is 52.4 Å². The lowest BCUT2D eigenvalue weighted by atomic mass is 10.3. The van der Waals surface area contributed by atoms with Crippen molar-refractivity contribution in [1.82, 2.24) is 15.1 Å². The van der Waals surface area contributed by atoms with Gasteiger partial charge in [-0.05, 0) is 13.8 Å². The van der Waals surface area contributed by atoms with Gasteiger partial charge in [0.05, 0.1) is 12.2 Å². The molecule has 1 fully saturated rings. The average Bonchev–Trinajstić information content (AvgIpc) is 2.31. The van der Waals surface area contributed by atoms with E-state index in [9.17, 15) is 10.2 Å². The molecule has 2 unspecified atom stereocenters. The molecule has 5 nitrogen and oxygen atoms in total. The average molecular weight is 245 g/mol. The normalized spacial score (nSPS) is 24.7. The summed E-state index contributed by atoms with van der Waals surface area (Å²) < 4.78 is 0. The summed E-state index contributed by atoms with van der Waals surface area (Å²) in [5.74, 6) is 0. The Balaban J connectivity index is 2.40. The molecule has 0 spiro atoms. The summed E-state index contributed by atoms with van der Waals surface area (Å²) in [7, 11) is 0. The first-order chi connectivity index (χ1) is 8.08. The van der Waals surface area contributed by atoms with Crippen LogP contribution in [0.2, 0.25) is 0 Å². The third-order valence-electron chi connectivity index (χ3n) is 2.99. The molecule has 3 N–H and O–H groups in total. The monoisotopic (exact) mass is 245 g/mol. The van der Waals surface area contributed by atoms with Gasteiger partial charge in [0.1, 0.15) is 0 Å². The summed E-state index contributed by atoms with van der Waals surface area (Å²) in [5.41, 5.74) is 0. The zero-order chi connectivity index (χ0) is 12.7. The van der Waals surface area contributed by atoms with E-state index in [-0.39, 0.29) is 12.2 Å². The molecule has 1 saturated heterocycles. The molecule has 1 aliphatic heterocycles. The van der Waals surface area contributed by atoms with Gasteiger partial charge in [-0.1, -0.05) is 0 Å². The second kappa shape index (κ2) is 8.00. The van der Waals surface area contributed by atoms with Gasteiger partial charge >= 0.3 is 0 Å². The molecule has 17 heavy (non-hydrogen) atoms. The van der Waals surface area contributed by atoms with Gasteiger partial charge in [-0.2, -0.15) is 0 Å². The second-order valence-corrected chi connectivity index (χ2v) is 5.05. The Labute approximate surface area is 104 Å². The lowest BCUT2D eigenvalue weighted by molar-refractivity contribution is 0.102. The molecule has 0 radical (unpaired) electrons. The minimum atomic E-state index is -0.277. The SMILES string of the molecule is CC(O)CN1CCNCCN(CC(C)O)CC1. The molecule has 0 bridgehead atoms. The van der Waals surface area contributed by atoms with Gasteiger partial charge in [-0.15, -0.1) is 0 Å². The fraction of sp³-hybridized carbons (Fsp3) is 1.00. The van der Waals surface area contributed by atoms with Crippen LogP contribution in [0.15, 0.2) is 0 Å². The van der Waals surface area contributed by atoms with E-state index >= 15 is 0 Å². The van der Waals surface area contributed by atoms with Gasteiger partial charge in [0.25, 0.3) is 0 Å². The summed E-state index contributed by atoms with van der Waals surface area (Å²) in [6.07, 6.45) is -0.554. The molecule has 102 valence electrons. The maximum absolute atomic E-state index is 9.43. The maximum Gasteiger partial charge on any atom is 0.0639 e. The van der Waals surface area contributed by atoms with Gasteiger partial charge in [0.15, 0.2) is 0 Å². The van der Waals surface area contributed by atoms with Crippen molar-refractivity contribution in [2.45, 2.75) is 26.1 Å². The minimum absolute atomic E-state index is 0.277. The van der Waals surface area contributed by atoms with Crippen LogP contribution < -0.4 is 5.32 Å². The fourth-order valence-electron chi connectivity index (χ4n) is 2.22. The van der Waals surface area contributed by atoms with E-state index in [0.717, 1.165) is 52.4 Å². The lowest BCUT2D eigenvalue weighted by Gasteiger charge is -2.27. The Kier molecular flexibility index (Phi) is 6.99. The largest absolute Gasteiger partial charge is 0.392 e. The molecule has 2 atom stereocenters. The van der Waals surface area contributed by atoms with Crippen molar-refractivity contribution in [1.29, 1.82) is 0 Å². The van der Waals surface area contributed by atoms with Gasteiger partial charge in [0, 0.05) is 52.4 Å². The molecule has 0 amide bonds. The molecule has 1 heterocycles. The molecular formula is C12H27N3O2. The highest BCUT2D eigenvalue weighted by atomic mass is 16.3.